The van der Waals surface area contributed by atoms with E-state index in [4.69, 9.17) is 0 Å². The molecule has 6 N–H and O–H groups in total. The van der Waals surface area contributed by atoms with Crippen molar-refractivity contribution in [3.05, 3.63) is 0 Å². The van der Waals surface area contributed by atoms with Crippen LogP contribution < -0.4 is 10.6 Å². The van der Waals surface area contributed by atoms with Crippen LogP contribution in [0.25, 0.3) is 0 Å². The zero-order valence-corrected chi connectivity index (χ0v) is 35.6. The van der Waals surface area contributed by atoms with Crippen molar-refractivity contribution >= 4 is 58.6 Å². The Morgan fingerprint density at radius 1 is 0.500 bits per heavy atom. The van der Waals surface area contributed by atoms with Gasteiger partial charge in [0.25, 0.3) is 0 Å². The van der Waals surface area contributed by atoms with Crippen LogP contribution in [0.2, 0.25) is 0 Å². The fourth-order valence-corrected chi connectivity index (χ4v) is 11.2. The zero-order valence-electron chi connectivity index (χ0n) is 32.3. The van der Waals surface area contributed by atoms with E-state index in [0.29, 0.717) is 48.0 Å². The quantitative estimate of drug-likeness (QED) is 0.111. The van der Waals surface area contributed by atoms with Crippen LogP contribution >= 0.6 is 47.0 Å². The van der Waals surface area contributed by atoms with Crippen LogP contribution in [-0.2, 0) is 9.59 Å². The SMILES string of the molecule is CNC[C@H]1C[C@@H](O)[C@H](SC)C1.CNC[C@H]1C[C@H](SC)[C@@H](O)C1.CS[C@@H]1C[C@@H](CCC(=O)C(F)(F)F)C[C@H]1O.CS[C@H]1C[C@H](CCC(=O)C(F)(F)F)C[C@@H]1O. The monoisotopic (exact) mass is 862 g/mol. The molecule has 0 radical (unpaired) electrons. The molecule has 320 valence electrons. The topological polar surface area (TPSA) is 139 Å². The van der Waals surface area contributed by atoms with Gasteiger partial charge in [0.1, 0.15) is 0 Å². The lowest BCUT2D eigenvalue weighted by molar-refractivity contribution is -0.171. The van der Waals surface area contributed by atoms with E-state index in [1.54, 1.807) is 23.5 Å². The van der Waals surface area contributed by atoms with Crippen LogP contribution in [0.1, 0.15) is 77.0 Å². The van der Waals surface area contributed by atoms with Crippen LogP contribution in [0.5, 0.6) is 0 Å². The fourth-order valence-electron chi connectivity index (χ4n) is 7.65. The predicted octanol–water partition coefficient (Wildman–Crippen LogP) is 6.22. The van der Waals surface area contributed by atoms with Gasteiger partial charge in [0.05, 0.1) is 24.4 Å². The number of halogens is 6. The number of rotatable bonds is 14. The number of hydrogen-bond acceptors (Lipinski definition) is 12. The van der Waals surface area contributed by atoms with Crippen LogP contribution in [-0.4, -0.2) is 142 Å². The Morgan fingerprint density at radius 2 is 0.741 bits per heavy atom. The van der Waals surface area contributed by atoms with Crippen molar-refractivity contribution in [1.82, 2.24) is 10.6 Å². The molecule has 0 spiro atoms. The highest BCUT2D eigenvalue weighted by Crippen LogP contribution is 2.38. The van der Waals surface area contributed by atoms with E-state index >= 15 is 0 Å². The van der Waals surface area contributed by atoms with Gasteiger partial charge in [-0.25, -0.2) is 0 Å². The Morgan fingerprint density at radius 3 is 0.944 bits per heavy atom. The molecule has 0 bridgehead atoms. The summed E-state index contributed by atoms with van der Waals surface area (Å²) in [6.45, 7) is 2.10. The smallest absolute Gasteiger partial charge is 0.392 e. The summed E-state index contributed by atoms with van der Waals surface area (Å²) >= 11 is 6.64. The molecule has 4 aliphatic rings. The van der Waals surface area contributed by atoms with Gasteiger partial charge in [0.2, 0.25) is 11.6 Å². The molecule has 4 fully saturated rings. The van der Waals surface area contributed by atoms with Gasteiger partial charge in [-0.3, -0.25) is 9.59 Å². The molecule has 0 saturated heterocycles. The number of carbonyl (C=O) groups is 2. The number of alkyl halides is 6. The molecule has 12 atom stereocenters. The normalized spacial score (nSPS) is 33.6. The number of hydrogen-bond donors (Lipinski definition) is 6. The molecular weight excluding hydrogens is 799 g/mol. The van der Waals surface area contributed by atoms with E-state index in [1.165, 1.54) is 36.4 Å². The minimum absolute atomic E-state index is 0.0405. The van der Waals surface area contributed by atoms with Crippen molar-refractivity contribution in [3.8, 4) is 0 Å². The molecule has 4 saturated carbocycles. The first-order chi connectivity index (χ1) is 25.2. The Balaban J connectivity index is 0.000000366. The van der Waals surface area contributed by atoms with Crippen molar-refractivity contribution in [2.45, 2.75) is 135 Å². The molecule has 8 nitrogen and oxygen atoms in total. The van der Waals surface area contributed by atoms with Crippen molar-refractivity contribution in [2.24, 2.45) is 23.7 Å². The van der Waals surface area contributed by atoms with Crippen LogP contribution in [0.3, 0.4) is 0 Å². The van der Waals surface area contributed by atoms with Gasteiger partial charge in [0, 0.05) is 33.8 Å². The molecule has 0 aromatic rings. The summed E-state index contributed by atoms with van der Waals surface area (Å²) in [7, 11) is 3.94. The van der Waals surface area contributed by atoms with Gasteiger partial charge in [-0.15, -0.1) is 0 Å². The third kappa shape index (κ3) is 19.2. The van der Waals surface area contributed by atoms with Gasteiger partial charge in [-0.05, 0) is 140 Å². The summed E-state index contributed by atoms with van der Waals surface area (Å²) in [5, 5.41) is 45.7. The first-order valence-electron chi connectivity index (χ1n) is 18.6. The molecule has 0 aromatic heterocycles. The van der Waals surface area contributed by atoms with Gasteiger partial charge in [-0.2, -0.15) is 73.4 Å². The number of ketones is 2. The third-order valence-electron chi connectivity index (χ3n) is 10.7. The highest BCUT2D eigenvalue weighted by molar-refractivity contribution is 7.99. The Labute approximate surface area is 335 Å². The van der Waals surface area contributed by atoms with Gasteiger partial charge >= 0.3 is 12.4 Å². The van der Waals surface area contributed by atoms with Gasteiger partial charge < -0.3 is 31.1 Å². The van der Waals surface area contributed by atoms with Gasteiger partial charge in [0.15, 0.2) is 0 Å². The fraction of sp³-hybridized carbons (Fsp3) is 0.944. The van der Waals surface area contributed by atoms with Crippen LogP contribution in [0.15, 0.2) is 0 Å². The van der Waals surface area contributed by atoms with E-state index in [0.717, 1.165) is 25.9 Å². The molecule has 18 heteroatoms. The zero-order chi connectivity index (χ0) is 41.2. The molecule has 4 aliphatic carbocycles. The standard InChI is InChI=1S/2C10H15F3O2S.2C8H17NOS/c2*1-16-8-5-6(4-7(8)14)2-3-9(15)10(11,12)13;2*1-9-5-6-3-7(10)8(4-6)11-2/h2*6-8,14H,2-5H2,1H3;2*6-10H,3-5H2,1-2H3/t4*6-,7+,8+/m1010/s1. The molecule has 0 amide bonds. The summed E-state index contributed by atoms with van der Waals surface area (Å²) < 4.78 is 71.6. The number of nitrogens with one attached hydrogen (secondary N) is 2. The Kier molecular flexibility index (Phi) is 25.3. The average Bonchev–Trinajstić information content (AvgIpc) is 3.86. The minimum atomic E-state index is -4.71. The number of aliphatic hydroxyl groups excluding tert-OH is 4. The maximum atomic E-state index is 11.9. The highest BCUT2D eigenvalue weighted by atomic mass is 32.2. The van der Waals surface area contributed by atoms with E-state index in [2.05, 4.69) is 23.1 Å². The average molecular weight is 863 g/mol. The summed E-state index contributed by atoms with van der Waals surface area (Å²) in [4.78, 5) is 21.3. The molecular formula is C36H64F6N2O6S4. The van der Waals surface area contributed by atoms with Crippen molar-refractivity contribution in [2.75, 3.05) is 52.2 Å². The first-order valence-corrected chi connectivity index (χ1v) is 23.7. The Hall–Kier alpha value is 0.0800. The molecule has 0 aromatic carbocycles. The summed E-state index contributed by atoms with van der Waals surface area (Å²) in [6.07, 6.45) is 3.72. The van der Waals surface area contributed by atoms with E-state index in [9.17, 15) is 56.4 Å². The second-order valence-electron chi connectivity index (χ2n) is 14.8. The number of aliphatic hydroxyl groups is 4. The first kappa shape index (κ1) is 52.1. The minimum Gasteiger partial charge on any atom is -0.392 e. The molecule has 4 rings (SSSR count). The number of Topliss-reactive ketones (excluding diaryl/α,β-unsaturated/α-hetero) is 2. The van der Waals surface area contributed by atoms with E-state index < -0.39 is 49.0 Å². The van der Waals surface area contributed by atoms with Crippen molar-refractivity contribution in [1.29, 1.82) is 0 Å². The summed E-state index contributed by atoms with van der Waals surface area (Å²) in [5.74, 6) is -1.86. The van der Waals surface area contributed by atoms with E-state index in [-0.39, 0.29) is 47.4 Å². The van der Waals surface area contributed by atoms with Crippen molar-refractivity contribution in [3.63, 3.8) is 0 Å². The maximum Gasteiger partial charge on any atom is 0.449 e. The van der Waals surface area contributed by atoms with Crippen LogP contribution in [0.4, 0.5) is 26.3 Å². The lowest BCUT2D eigenvalue weighted by Crippen LogP contribution is -2.23. The third-order valence-corrected chi connectivity index (χ3v) is 15.1. The summed E-state index contributed by atoms with van der Waals surface area (Å²) in [5.41, 5.74) is 0. The maximum absolute atomic E-state index is 11.9. The predicted molar refractivity (Wildman–Crippen MR) is 213 cm³/mol. The van der Waals surface area contributed by atoms with Gasteiger partial charge in [-0.1, -0.05) is 0 Å². The molecule has 0 aliphatic heterocycles. The van der Waals surface area contributed by atoms with Crippen LogP contribution in [0, 0.1) is 23.7 Å². The largest absolute Gasteiger partial charge is 0.449 e. The Bertz CT molecular complexity index is 988. The number of thioether (sulfide) groups is 4. The second kappa shape index (κ2) is 26.2. The molecule has 0 heterocycles. The lowest BCUT2D eigenvalue weighted by Gasteiger charge is -2.10. The highest BCUT2D eigenvalue weighted by Gasteiger charge is 2.41. The summed E-state index contributed by atoms with van der Waals surface area (Å²) in [6, 6.07) is 0. The van der Waals surface area contributed by atoms with Crippen molar-refractivity contribution < 1.29 is 56.4 Å². The molecule has 0 unspecified atom stereocenters. The van der Waals surface area contributed by atoms with E-state index in [1.807, 2.05) is 26.6 Å². The second-order valence-corrected chi connectivity index (χ2v) is 19.1. The lowest BCUT2D eigenvalue weighted by atomic mass is 10.00. The molecule has 54 heavy (non-hydrogen) atoms. The number of carbonyl (C=O) groups excluding carboxylic acids is 2.